The van der Waals surface area contributed by atoms with Gasteiger partial charge in [-0.05, 0) is 113 Å². The zero-order valence-electron chi connectivity index (χ0n) is 39.2. The first-order valence-corrected chi connectivity index (χ1v) is 23.8. The third-order valence-electron chi connectivity index (χ3n) is 14.1. The number of piperazine rings is 1. The number of esters is 1. The number of carbonyl (C=O) groups excluding carboxylic acids is 3. The molecule has 1 atom stereocenters. The predicted octanol–water partition coefficient (Wildman–Crippen LogP) is 6.84. The molecule has 0 saturated carbocycles. The van der Waals surface area contributed by atoms with Crippen LogP contribution in [0, 0.1) is 17.1 Å². The number of ether oxygens (including phenoxy) is 1. The lowest BCUT2D eigenvalue weighted by atomic mass is 9.86. The number of alkyl halides is 3. The second-order valence-corrected chi connectivity index (χ2v) is 19.2. The van der Waals surface area contributed by atoms with Gasteiger partial charge in [0.1, 0.15) is 23.7 Å². The zero-order valence-corrected chi connectivity index (χ0v) is 40.0. The van der Waals surface area contributed by atoms with Crippen LogP contribution in [0.25, 0.3) is 22.3 Å². The Morgan fingerprint density at radius 2 is 1.68 bits per heavy atom. The number of nitriles is 1. The van der Waals surface area contributed by atoms with Gasteiger partial charge in [0.25, 0.3) is 17.4 Å². The van der Waals surface area contributed by atoms with E-state index in [9.17, 15) is 47.8 Å². The standard InChI is InChI=1S/C51H50F4N8O7S/c1-4-50(69)38-24-41-43-30(26-61(41)45(66)36(38)28-70-47(50)68)21-34-35(42(64)14-13-40(34)58-43)27-60-19-17-59(18-20-60)16-8-6-5-7-15-57-44(65)33-12-11-32(23-39(33)52)63-48(71)62(46(67)49(63,2)3)31-10-9-29(25-56)37(22-31)51(53,54)55/h9-14,21-24,64,69H,4-8,15-20,26-28H2,1-3H3,(H,57,65)/t50-/m0/s1. The molecule has 0 radical (unpaired) electrons. The molecule has 9 rings (SSSR count). The van der Waals surface area contributed by atoms with E-state index in [1.807, 2.05) is 6.07 Å². The smallest absolute Gasteiger partial charge is 0.417 e. The molecular formula is C51H50F4N8O7S. The zero-order chi connectivity index (χ0) is 50.7. The quantitative estimate of drug-likeness (QED) is 0.0474. The van der Waals surface area contributed by atoms with Crippen molar-refractivity contribution in [2.45, 2.75) is 89.9 Å². The number of halogens is 4. The van der Waals surface area contributed by atoms with Gasteiger partial charge in [0.2, 0.25) is 0 Å². The highest BCUT2D eigenvalue weighted by molar-refractivity contribution is 7.81. The van der Waals surface area contributed by atoms with Gasteiger partial charge in [-0.3, -0.25) is 24.2 Å². The van der Waals surface area contributed by atoms with E-state index >= 15 is 4.39 Å². The molecule has 0 unspecified atom stereocenters. The van der Waals surface area contributed by atoms with Gasteiger partial charge in [-0.15, -0.1) is 0 Å². The molecule has 0 spiro atoms. The molecule has 20 heteroatoms. The van der Waals surface area contributed by atoms with E-state index in [4.69, 9.17) is 21.9 Å². The van der Waals surface area contributed by atoms with Crippen molar-refractivity contribution in [3.8, 4) is 23.2 Å². The highest BCUT2D eigenvalue weighted by atomic mass is 32.1. The molecule has 6 heterocycles. The number of nitrogens with one attached hydrogen (secondary N) is 1. The van der Waals surface area contributed by atoms with Gasteiger partial charge in [-0.1, -0.05) is 19.8 Å². The average Bonchev–Trinajstić information content (AvgIpc) is 3.78. The molecule has 3 aromatic carbocycles. The van der Waals surface area contributed by atoms with Gasteiger partial charge in [0.15, 0.2) is 10.7 Å². The summed E-state index contributed by atoms with van der Waals surface area (Å²) in [5, 5.41) is 34.9. The van der Waals surface area contributed by atoms with Crippen molar-refractivity contribution in [3.63, 3.8) is 0 Å². The maximum absolute atomic E-state index is 15.5. The number of fused-ring (bicyclic) bond motifs is 5. The molecule has 2 saturated heterocycles. The lowest BCUT2D eigenvalue weighted by molar-refractivity contribution is -0.172. The number of aromatic hydroxyl groups is 1. The number of nitrogens with zero attached hydrogens (tertiary/aromatic N) is 7. The first kappa shape index (κ1) is 49.2. The van der Waals surface area contributed by atoms with Crippen molar-refractivity contribution in [2.24, 2.45) is 0 Å². The largest absolute Gasteiger partial charge is 0.508 e. The number of hydrogen-bond acceptors (Lipinski definition) is 12. The van der Waals surface area contributed by atoms with E-state index in [1.165, 1.54) is 43.0 Å². The summed E-state index contributed by atoms with van der Waals surface area (Å²) in [6, 6.07) is 15.1. The van der Waals surface area contributed by atoms with Crippen LogP contribution in [0.4, 0.5) is 28.9 Å². The summed E-state index contributed by atoms with van der Waals surface area (Å²) < 4.78 is 63.5. The Labute approximate surface area is 410 Å². The molecule has 2 fully saturated rings. The summed E-state index contributed by atoms with van der Waals surface area (Å²) in [5.41, 5.74) is -1.99. The lowest BCUT2D eigenvalue weighted by Gasteiger charge is -2.35. The van der Waals surface area contributed by atoms with Gasteiger partial charge in [0, 0.05) is 67.0 Å². The Hall–Kier alpha value is -6.79. The van der Waals surface area contributed by atoms with Crippen LogP contribution < -0.4 is 20.7 Å². The topological polar surface area (TPSA) is 185 Å². The number of cyclic esters (lactones) is 1. The Balaban J connectivity index is 0.735. The van der Waals surface area contributed by atoms with Crippen LogP contribution in [0.2, 0.25) is 0 Å². The van der Waals surface area contributed by atoms with Crippen molar-refractivity contribution in [1.29, 1.82) is 5.26 Å². The van der Waals surface area contributed by atoms with Crippen LogP contribution in [-0.4, -0.2) is 97.3 Å². The van der Waals surface area contributed by atoms with Crippen molar-refractivity contribution in [2.75, 3.05) is 49.1 Å². The minimum Gasteiger partial charge on any atom is -0.508 e. The summed E-state index contributed by atoms with van der Waals surface area (Å²) >= 11 is 5.55. The van der Waals surface area contributed by atoms with Crippen molar-refractivity contribution >= 4 is 57.4 Å². The van der Waals surface area contributed by atoms with Crippen LogP contribution in [0.15, 0.2) is 65.5 Å². The number of thiocarbonyl (C=S) groups is 1. The number of rotatable bonds is 13. The van der Waals surface area contributed by atoms with Crippen LogP contribution in [0.1, 0.15) is 96.6 Å². The van der Waals surface area contributed by atoms with E-state index in [2.05, 4.69) is 15.1 Å². The molecule has 71 heavy (non-hydrogen) atoms. The molecular weight excluding hydrogens is 945 g/mol. The number of carbonyl (C=O) groups is 3. The van der Waals surface area contributed by atoms with E-state index in [0.29, 0.717) is 42.5 Å². The molecule has 2 aromatic heterocycles. The number of pyridine rings is 2. The fraction of sp³-hybridized carbons (Fsp3) is 0.392. The molecule has 5 aromatic rings. The number of phenolic OH excluding ortho intramolecular Hbond substituents is 1. The Morgan fingerprint density at radius 1 is 0.958 bits per heavy atom. The molecule has 0 aliphatic carbocycles. The summed E-state index contributed by atoms with van der Waals surface area (Å²) in [5.74, 6) is -2.77. The van der Waals surface area contributed by atoms with Gasteiger partial charge < -0.3 is 34.6 Å². The number of aliphatic hydroxyl groups is 1. The van der Waals surface area contributed by atoms with Crippen LogP contribution in [0.5, 0.6) is 5.75 Å². The monoisotopic (exact) mass is 994 g/mol. The highest BCUT2D eigenvalue weighted by Gasteiger charge is 2.51. The molecule has 370 valence electrons. The number of anilines is 2. The summed E-state index contributed by atoms with van der Waals surface area (Å²) in [6.45, 7) is 9.69. The maximum Gasteiger partial charge on any atom is 0.417 e. The van der Waals surface area contributed by atoms with Gasteiger partial charge in [0.05, 0.1) is 57.5 Å². The molecule has 15 nitrogen and oxygen atoms in total. The Bertz CT molecular complexity index is 3150. The first-order valence-electron chi connectivity index (χ1n) is 23.4. The van der Waals surface area contributed by atoms with Crippen molar-refractivity contribution in [1.82, 2.24) is 24.7 Å². The minimum absolute atomic E-state index is 0.0507. The fourth-order valence-electron chi connectivity index (χ4n) is 10.1. The number of hydrogen-bond donors (Lipinski definition) is 3. The first-order chi connectivity index (χ1) is 33.8. The number of phenols is 1. The van der Waals surface area contributed by atoms with Crippen molar-refractivity contribution < 1.29 is 46.9 Å². The van der Waals surface area contributed by atoms with E-state index in [1.54, 1.807) is 29.7 Å². The highest BCUT2D eigenvalue weighted by Crippen LogP contribution is 2.42. The minimum atomic E-state index is -4.86. The number of benzene rings is 3. The van der Waals surface area contributed by atoms with Gasteiger partial charge in [-0.2, -0.15) is 18.4 Å². The van der Waals surface area contributed by atoms with Crippen LogP contribution >= 0.6 is 12.2 Å². The summed E-state index contributed by atoms with van der Waals surface area (Å²) in [4.78, 5) is 64.7. The maximum atomic E-state index is 15.5. The summed E-state index contributed by atoms with van der Waals surface area (Å²) in [7, 11) is 0. The van der Waals surface area contributed by atoms with Crippen LogP contribution in [0.3, 0.4) is 0 Å². The lowest BCUT2D eigenvalue weighted by Crippen LogP contribution is -2.46. The number of unbranched alkanes of at least 4 members (excludes halogenated alkanes) is 3. The Morgan fingerprint density at radius 3 is 2.38 bits per heavy atom. The molecule has 2 amide bonds. The summed E-state index contributed by atoms with van der Waals surface area (Å²) in [6.07, 6.45) is -1.43. The Kier molecular flexibility index (Phi) is 13.0. The third-order valence-corrected chi connectivity index (χ3v) is 14.5. The molecule has 4 aliphatic heterocycles. The van der Waals surface area contributed by atoms with Crippen LogP contribution in [-0.2, 0) is 45.8 Å². The number of amides is 2. The van der Waals surface area contributed by atoms with E-state index < -0.39 is 52.0 Å². The second kappa shape index (κ2) is 18.8. The SMILES string of the molecule is CC[C@@]1(O)C(=O)OCc2c1cc1n(c2=O)Cc2cc3c(CN4CCN(CCCCCCNC(=O)c5ccc(N6C(=S)N(c7ccc(C#N)c(C(F)(F)F)c7)C(=O)C6(C)C)cc5F)CC4)c(O)ccc3nc2-1. The molecule has 3 N–H and O–H groups in total. The normalized spacial score (nSPS) is 18.9. The number of aromatic nitrogens is 2. The predicted molar refractivity (Wildman–Crippen MR) is 258 cm³/mol. The van der Waals surface area contributed by atoms with E-state index in [0.717, 1.165) is 85.5 Å². The van der Waals surface area contributed by atoms with Gasteiger partial charge in [-0.25, -0.2) is 14.2 Å². The third kappa shape index (κ3) is 8.78. The van der Waals surface area contributed by atoms with E-state index in [-0.39, 0.29) is 64.1 Å². The average molecular weight is 995 g/mol. The molecule has 4 aliphatic rings. The second-order valence-electron chi connectivity index (χ2n) is 18.8. The van der Waals surface area contributed by atoms with Crippen molar-refractivity contribution in [3.05, 3.63) is 116 Å². The fourth-order valence-corrected chi connectivity index (χ4v) is 10.6. The van der Waals surface area contributed by atoms with Gasteiger partial charge >= 0.3 is 12.1 Å². The molecule has 0 bridgehead atoms.